The smallest absolute Gasteiger partial charge is 0.348 e. The Kier molecular flexibility index (Phi) is 13.3. The van der Waals surface area contributed by atoms with Gasteiger partial charge in [0.2, 0.25) is 10.0 Å². The zero-order chi connectivity index (χ0) is 29.0. The van der Waals surface area contributed by atoms with E-state index in [0.29, 0.717) is 43.2 Å². The quantitative estimate of drug-likeness (QED) is 0.197. The molecule has 2 aromatic rings. The second-order valence-corrected chi connectivity index (χ2v) is 13.1. The molecular weight excluding hydrogens is 552 g/mol. The lowest BCUT2D eigenvalue weighted by molar-refractivity contribution is 0.0455. The second-order valence-electron chi connectivity index (χ2n) is 10.0. The maximum atomic E-state index is 12.8. The number of unbranched alkanes of at least 4 members (excludes halogenated alkanes) is 2. The van der Waals surface area contributed by atoms with E-state index in [1.54, 1.807) is 25.3 Å². The summed E-state index contributed by atoms with van der Waals surface area (Å²) < 4.78 is 43.6. The molecule has 1 N–H and O–H groups in total. The Hall–Kier alpha value is -2.02. The zero-order valence-corrected chi connectivity index (χ0v) is 25.6. The maximum absolute atomic E-state index is 12.8. The SMILES string of the molecule is CCCCCC(O)c1ccc(N2C(COCc3ccc(C(=O)OCCN(CC)CCOC)s3)CCS2(=O)=O)cc1. The van der Waals surface area contributed by atoms with Crippen molar-refractivity contribution in [3.05, 3.63) is 51.7 Å². The van der Waals surface area contributed by atoms with E-state index in [1.165, 1.54) is 15.6 Å². The molecule has 2 atom stereocenters. The first-order valence-electron chi connectivity index (χ1n) is 14.1. The van der Waals surface area contributed by atoms with Crippen LogP contribution in [-0.2, 0) is 30.8 Å². The molecular formula is C29H44N2O7S2. The van der Waals surface area contributed by atoms with Gasteiger partial charge in [0.1, 0.15) is 11.5 Å². The highest BCUT2D eigenvalue weighted by molar-refractivity contribution is 7.93. The number of methoxy groups -OCH3 is 1. The number of ether oxygens (including phenoxy) is 3. The summed E-state index contributed by atoms with van der Waals surface area (Å²) in [6.45, 7) is 7.95. The predicted molar refractivity (Wildman–Crippen MR) is 158 cm³/mol. The van der Waals surface area contributed by atoms with E-state index in [-0.39, 0.29) is 31.0 Å². The number of benzene rings is 1. The lowest BCUT2D eigenvalue weighted by Crippen LogP contribution is -2.36. The largest absolute Gasteiger partial charge is 0.460 e. The molecule has 0 saturated carbocycles. The van der Waals surface area contributed by atoms with Crippen molar-refractivity contribution in [2.45, 2.75) is 64.7 Å². The normalized spacial score (nSPS) is 17.4. The number of sulfonamides is 1. The Labute approximate surface area is 243 Å². The first-order valence-corrected chi connectivity index (χ1v) is 16.6. The average Bonchev–Trinajstić information content (AvgIpc) is 3.54. The van der Waals surface area contributed by atoms with E-state index in [4.69, 9.17) is 14.2 Å². The Bertz CT molecular complexity index is 1140. The molecule has 1 fully saturated rings. The summed E-state index contributed by atoms with van der Waals surface area (Å²) in [6, 6.07) is 10.4. The van der Waals surface area contributed by atoms with Gasteiger partial charge < -0.3 is 19.3 Å². The fourth-order valence-corrected chi connectivity index (χ4v) is 7.36. The van der Waals surface area contributed by atoms with Crippen LogP contribution in [0, 0.1) is 0 Å². The molecule has 0 spiro atoms. The number of aliphatic hydroxyl groups excluding tert-OH is 1. The number of hydrogen-bond acceptors (Lipinski definition) is 9. The molecule has 0 bridgehead atoms. The highest BCUT2D eigenvalue weighted by Crippen LogP contribution is 2.31. The fourth-order valence-electron chi connectivity index (χ4n) is 4.70. The number of esters is 1. The number of aliphatic hydroxyl groups is 1. The monoisotopic (exact) mass is 596 g/mol. The van der Waals surface area contributed by atoms with Crippen molar-refractivity contribution >= 4 is 33.0 Å². The topological polar surface area (TPSA) is 106 Å². The van der Waals surface area contributed by atoms with Crippen molar-refractivity contribution in [1.82, 2.24) is 4.90 Å². The van der Waals surface area contributed by atoms with Crippen LogP contribution in [0.25, 0.3) is 0 Å². The maximum Gasteiger partial charge on any atom is 0.348 e. The van der Waals surface area contributed by atoms with Crippen LogP contribution in [0.15, 0.2) is 36.4 Å². The summed E-state index contributed by atoms with van der Waals surface area (Å²) in [4.78, 5) is 16.0. The Morgan fingerprint density at radius 2 is 1.88 bits per heavy atom. The van der Waals surface area contributed by atoms with E-state index >= 15 is 0 Å². The number of thiophene rings is 1. The van der Waals surface area contributed by atoms with Crippen molar-refractivity contribution in [3.8, 4) is 0 Å². The molecule has 1 aliphatic rings. The Morgan fingerprint density at radius 1 is 1.12 bits per heavy atom. The van der Waals surface area contributed by atoms with E-state index in [9.17, 15) is 18.3 Å². The van der Waals surface area contributed by atoms with Crippen LogP contribution in [0.2, 0.25) is 0 Å². The van der Waals surface area contributed by atoms with Crippen molar-refractivity contribution < 1.29 is 32.5 Å². The fraction of sp³-hybridized carbons (Fsp3) is 0.621. The van der Waals surface area contributed by atoms with Crippen LogP contribution in [0.5, 0.6) is 0 Å². The molecule has 9 nitrogen and oxygen atoms in total. The van der Waals surface area contributed by atoms with Crippen LogP contribution in [0.4, 0.5) is 5.69 Å². The summed E-state index contributed by atoms with van der Waals surface area (Å²) in [5, 5.41) is 10.4. The summed E-state index contributed by atoms with van der Waals surface area (Å²) in [5.74, 6) is -0.288. The third-order valence-electron chi connectivity index (χ3n) is 7.07. The average molecular weight is 597 g/mol. The molecule has 3 rings (SSSR count). The van der Waals surface area contributed by atoms with Crippen LogP contribution in [0.1, 0.15) is 72.2 Å². The Balaban J connectivity index is 1.49. The van der Waals surface area contributed by atoms with Gasteiger partial charge in [-0.25, -0.2) is 13.2 Å². The van der Waals surface area contributed by atoms with Gasteiger partial charge in [0.25, 0.3) is 0 Å². The molecule has 11 heteroatoms. The minimum absolute atomic E-state index is 0.0678. The third kappa shape index (κ3) is 9.53. The molecule has 2 unspecified atom stereocenters. The van der Waals surface area contributed by atoms with Gasteiger partial charge in [-0.3, -0.25) is 9.21 Å². The van der Waals surface area contributed by atoms with Crippen molar-refractivity contribution in [1.29, 1.82) is 0 Å². The van der Waals surface area contributed by atoms with Crippen molar-refractivity contribution in [2.75, 3.05) is 56.6 Å². The minimum atomic E-state index is -3.44. The summed E-state index contributed by atoms with van der Waals surface area (Å²) >= 11 is 1.32. The number of hydrogen-bond donors (Lipinski definition) is 1. The van der Waals surface area contributed by atoms with Gasteiger partial charge in [-0.05, 0) is 49.2 Å². The predicted octanol–water partition coefficient (Wildman–Crippen LogP) is 4.61. The van der Waals surface area contributed by atoms with Gasteiger partial charge in [-0.2, -0.15) is 0 Å². The number of anilines is 1. The molecule has 0 amide bonds. The number of carbonyl (C=O) groups is 1. The minimum Gasteiger partial charge on any atom is -0.460 e. The molecule has 2 heterocycles. The van der Waals surface area contributed by atoms with E-state index in [2.05, 4.69) is 18.7 Å². The number of carbonyl (C=O) groups excluding carboxylic acids is 1. The highest BCUT2D eigenvalue weighted by Gasteiger charge is 2.37. The molecule has 0 radical (unpaired) electrons. The molecule has 1 aromatic heterocycles. The summed E-state index contributed by atoms with van der Waals surface area (Å²) in [6.07, 6.45) is 3.75. The van der Waals surface area contributed by atoms with Gasteiger partial charge in [0.15, 0.2) is 0 Å². The third-order valence-corrected chi connectivity index (χ3v) is 9.97. The molecule has 1 aromatic carbocycles. The lowest BCUT2D eigenvalue weighted by Gasteiger charge is -2.25. The second kappa shape index (κ2) is 16.4. The number of likely N-dealkylation sites (N-methyl/N-ethyl adjacent to an activating group) is 1. The molecule has 40 heavy (non-hydrogen) atoms. The highest BCUT2D eigenvalue weighted by atomic mass is 32.2. The number of nitrogens with zero attached hydrogens (tertiary/aromatic N) is 2. The van der Waals surface area contributed by atoms with Crippen LogP contribution in [-0.4, -0.2) is 82.8 Å². The van der Waals surface area contributed by atoms with Gasteiger partial charge >= 0.3 is 5.97 Å². The van der Waals surface area contributed by atoms with Crippen LogP contribution < -0.4 is 4.31 Å². The standard InChI is InChI=1S/C29H44N2O7S2/c1-4-6-7-8-27(32)23-9-11-24(12-10-23)31-25(15-20-40(31,34)35)21-37-22-26-13-14-28(39-26)29(33)38-19-17-30(5-2)16-18-36-3/h9-14,25,27,32H,4-8,15-22H2,1-3H3. The molecule has 1 aliphatic heterocycles. The summed E-state index contributed by atoms with van der Waals surface area (Å²) in [7, 11) is -1.78. The van der Waals surface area contributed by atoms with E-state index in [1.807, 2.05) is 18.2 Å². The van der Waals surface area contributed by atoms with Gasteiger partial charge in [-0.1, -0.05) is 45.2 Å². The lowest BCUT2D eigenvalue weighted by atomic mass is 10.0. The van der Waals surface area contributed by atoms with Crippen LogP contribution in [0.3, 0.4) is 0 Å². The summed E-state index contributed by atoms with van der Waals surface area (Å²) in [5.41, 5.74) is 1.38. The van der Waals surface area contributed by atoms with Gasteiger partial charge in [0, 0.05) is 25.1 Å². The number of rotatable bonds is 18. The van der Waals surface area contributed by atoms with E-state index < -0.39 is 16.1 Å². The van der Waals surface area contributed by atoms with E-state index in [0.717, 1.165) is 42.8 Å². The molecule has 1 saturated heterocycles. The van der Waals surface area contributed by atoms with Crippen molar-refractivity contribution in [2.24, 2.45) is 0 Å². The first-order chi connectivity index (χ1) is 19.3. The van der Waals surface area contributed by atoms with Gasteiger partial charge in [-0.15, -0.1) is 11.3 Å². The molecule has 0 aliphatic carbocycles. The first kappa shape index (κ1) is 32.5. The van der Waals surface area contributed by atoms with Gasteiger partial charge in [0.05, 0.1) is 43.4 Å². The van der Waals surface area contributed by atoms with Crippen molar-refractivity contribution in [3.63, 3.8) is 0 Å². The van der Waals surface area contributed by atoms with Crippen LogP contribution >= 0.6 is 11.3 Å². The zero-order valence-electron chi connectivity index (χ0n) is 23.9. The molecule has 224 valence electrons. The Morgan fingerprint density at radius 3 is 2.58 bits per heavy atom.